The third kappa shape index (κ3) is 4.86. The topological polar surface area (TPSA) is 129 Å². The normalized spacial score (nSPS) is 11.6. The lowest BCUT2D eigenvalue weighted by Gasteiger charge is -2.18. The van der Waals surface area contributed by atoms with Crippen LogP contribution in [0, 0.1) is 15.9 Å². The maximum absolute atomic E-state index is 13.0. The molecule has 31 heavy (non-hydrogen) atoms. The van der Waals surface area contributed by atoms with E-state index in [0.29, 0.717) is 5.56 Å². The first-order valence-electron chi connectivity index (χ1n) is 9.26. The van der Waals surface area contributed by atoms with Crippen LogP contribution in [0.5, 0.6) is 5.75 Å². The van der Waals surface area contributed by atoms with Crippen molar-refractivity contribution in [3.05, 3.63) is 64.3 Å². The second-order valence-corrected chi connectivity index (χ2v) is 8.22. The molecule has 0 saturated heterocycles. The van der Waals surface area contributed by atoms with Crippen LogP contribution in [-0.4, -0.2) is 40.9 Å². The fourth-order valence-corrected chi connectivity index (χ4v) is 4.28. The summed E-state index contributed by atoms with van der Waals surface area (Å²) in [5.74, 6) is -0.318. The third-order valence-electron chi connectivity index (χ3n) is 4.39. The van der Waals surface area contributed by atoms with Crippen LogP contribution in [0.25, 0.3) is 11.4 Å². The van der Waals surface area contributed by atoms with Crippen LogP contribution < -0.4 is 4.74 Å². The smallest absolute Gasteiger partial charge is 0.312 e. The Morgan fingerprint density at radius 2 is 1.84 bits per heavy atom. The molecule has 0 spiro atoms. The molecular formula is C19H19FN4O6S. The average Bonchev–Trinajstić information content (AvgIpc) is 3.22. The van der Waals surface area contributed by atoms with Crippen molar-refractivity contribution in [1.29, 1.82) is 0 Å². The summed E-state index contributed by atoms with van der Waals surface area (Å²) in [7, 11) is -3.87. The van der Waals surface area contributed by atoms with Gasteiger partial charge in [0.2, 0.25) is 15.8 Å². The number of ether oxygens (including phenoxy) is 1. The molecule has 0 unspecified atom stereocenters. The standard InChI is InChI=1S/C19H19FN4O6S/c1-3-23(4-2)31(27,28)15-9-10-17(16(11-15)24(25)26)29-12-18-21-19(22-30-18)13-5-7-14(20)8-6-13/h5-11H,3-4,12H2,1-2H3. The number of halogens is 1. The van der Waals surface area contributed by atoms with Gasteiger partial charge in [0.15, 0.2) is 12.4 Å². The Hall–Kier alpha value is -3.38. The highest BCUT2D eigenvalue weighted by molar-refractivity contribution is 7.89. The number of hydrogen-bond donors (Lipinski definition) is 0. The van der Waals surface area contributed by atoms with E-state index in [4.69, 9.17) is 9.26 Å². The summed E-state index contributed by atoms with van der Waals surface area (Å²) in [5.41, 5.74) is 0.0137. The summed E-state index contributed by atoms with van der Waals surface area (Å²) in [6.07, 6.45) is 0. The molecular weight excluding hydrogens is 431 g/mol. The van der Waals surface area contributed by atoms with Gasteiger partial charge in [0.05, 0.1) is 9.82 Å². The fourth-order valence-electron chi connectivity index (χ4n) is 2.80. The van der Waals surface area contributed by atoms with Crippen LogP contribution in [-0.2, 0) is 16.6 Å². The zero-order chi connectivity index (χ0) is 22.6. The number of sulfonamides is 1. The molecule has 2 aromatic carbocycles. The van der Waals surface area contributed by atoms with Crippen molar-refractivity contribution in [3.8, 4) is 17.1 Å². The largest absolute Gasteiger partial charge is 0.477 e. The number of nitro benzene ring substituents is 1. The number of rotatable bonds is 9. The van der Waals surface area contributed by atoms with E-state index in [-0.39, 0.29) is 42.1 Å². The number of nitrogens with zero attached hydrogens (tertiary/aromatic N) is 4. The van der Waals surface area contributed by atoms with Gasteiger partial charge in [0.25, 0.3) is 5.89 Å². The van der Waals surface area contributed by atoms with Gasteiger partial charge >= 0.3 is 5.69 Å². The van der Waals surface area contributed by atoms with E-state index in [0.717, 1.165) is 6.07 Å². The summed E-state index contributed by atoms with van der Waals surface area (Å²) in [6.45, 7) is 3.54. The highest BCUT2D eigenvalue weighted by Gasteiger charge is 2.26. The Morgan fingerprint density at radius 3 is 2.45 bits per heavy atom. The van der Waals surface area contributed by atoms with E-state index >= 15 is 0 Å². The molecule has 3 rings (SSSR count). The molecule has 0 saturated carbocycles. The molecule has 0 aliphatic heterocycles. The van der Waals surface area contributed by atoms with E-state index < -0.39 is 26.5 Å². The lowest BCUT2D eigenvalue weighted by molar-refractivity contribution is -0.386. The maximum Gasteiger partial charge on any atom is 0.312 e. The van der Waals surface area contributed by atoms with Crippen LogP contribution in [0.15, 0.2) is 51.9 Å². The molecule has 164 valence electrons. The number of nitro groups is 1. The van der Waals surface area contributed by atoms with Crippen molar-refractivity contribution >= 4 is 15.7 Å². The second-order valence-electron chi connectivity index (χ2n) is 6.28. The van der Waals surface area contributed by atoms with Crippen molar-refractivity contribution < 1.29 is 27.0 Å². The van der Waals surface area contributed by atoms with E-state index in [1.165, 1.54) is 40.7 Å². The van der Waals surface area contributed by atoms with Crippen molar-refractivity contribution in [3.63, 3.8) is 0 Å². The van der Waals surface area contributed by atoms with Crippen molar-refractivity contribution in [2.24, 2.45) is 0 Å². The number of hydrogen-bond acceptors (Lipinski definition) is 8. The Labute approximate surface area is 177 Å². The van der Waals surface area contributed by atoms with Crippen LogP contribution in [0.4, 0.5) is 10.1 Å². The maximum atomic E-state index is 13.0. The molecule has 1 heterocycles. The molecule has 0 fully saturated rings. The summed E-state index contributed by atoms with van der Waals surface area (Å²) in [4.78, 5) is 14.6. The summed E-state index contributed by atoms with van der Waals surface area (Å²) < 4.78 is 50.0. The van der Waals surface area contributed by atoms with Gasteiger partial charge in [0.1, 0.15) is 5.82 Å². The first-order chi connectivity index (χ1) is 14.8. The molecule has 12 heteroatoms. The summed E-state index contributed by atoms with van der Waals surface area (Å²) in [5, 5.41) is 15.2. The van der Waals surface area contributed by atoms with Gasteiger partial charge in [-0.05, 0) is 36.4 Å². The second kappa shape index (κ2) is 9.18. The Balaban J connectivity index is 1.81. The number of benzene rings is 2. The predicted octanol–water partition coefficient (Wildman–Crippen LogP) is 3.39. The third-order valence-corrected chi connectivity index (χ3v) is 6.44. The molecule has 0 N–H and O–H groups in total. The highest BCUT2D eigenvalue weighted by Crippen LogP contribution is 2.31. The number of aromatic nitrogens is 2. The first kappa shape index (κ1) is 22.3. The minimum atomic E-state index is -3.87. The van der Waals surface area contributed by atoms with E-state index in [2.05, 4.69) is 10.1 Å². The van der Waals surface area contributed by atoms with Gasteiger partial charge in [-0.1, -0.05) is 19.0 Å². The molecule has 10 nitrogen and oxygen atoms in total. The monoisotopic (exact) mass is 450 g/mol. The lowest BCUT2D eigenvalue weighted by Crippen LogP contribution is -2.30. The van der Waals surface area contributed by atoms with Gasteiger partial charge in [0, 0.05) is 24.7 Å². The van der Waals surface area contributed by atoms with Crippen LogP contribution in [0.1, 0.15) is 19.7 Å². The molecule has 0 aliphatic carbocycles. The lowest BCUT2D eigenvalue weighted by atomic mass is 10.2. The predicted molar refractivity (Wildman–Crippen MR) is 107 cm³/mol. The molecule has 0 amide bonds. The minimum absolute atomic E-state index is 0.0356. The van der Waals surface area contributed by atoms with Gasteiger partial charge < -0.3 is 9.26 Å². The Bertz CT molecular complexity index is 1180. The van der Waals surface area contributed by atoms with Crippen LogP contribution in [0.2, 0.25) is 0 Å². The zero-order valence-corrected chi connectivity index (χ0v) is 17.5. The van der Waals surface area contributed by atoms with Gasteiger partial charge in [-0.3, -0.25) is 10.1 Å². The van der Waals surface area contributed by atoms with E-state index in [1.807, 2.05) is 0 Å². The molecule has 1 aromatic heterocycles. The van der Waals surface area contributed by atoms with E-state index in [9.17, 15) is 22.9 Å². The fraction of sp³-hybridized carbons (Fsp3) is 0.263. The SMILES string of the molecule is CCN(CC)S(=O)(=O)c1ccc(OCc2nc(-c3ccc(F)cc3)no2)c([N+](=O)[O-])c1. The molecule has 3 aromatic rings. The average molecular weight is 450 g/mol. The van der Waals surface area contributed by atoms with E-state index in [1.54, 1.807) is 13.8 Å². The van der Waals surface area contributed by atoms with Gasteiger partial charge in [-0.15, -0.1) is 0 Å². The summed E-state index contributed by atoms with van der Waals surface area (Å²) in [6, 6.07) is 8.87. The highest BCUT2D eigenvalue weighted by atomic mass is 32.2. The molecule has 0 radical (unpaired) electrons. The zero-order valence-electron chi connectivity index (χ0n) is 16.7. The molecule has 0 atom stereocenters. The first-order valence-corrected chi connectivity index (χ1v) is 10.7. The van der Waals surface area contributed by atoms with Crippen LogP contribution in [0.3, 0.4) is 0 Å². The van der Waals surface area contributed by atoms with Crippen LogP contribution >= 0.6 is 0 Å². The summed E-state index contributed by atoms with van der Waals surface area (Å²) >= 11 is 0. The van der Waals surface area contributed by atoms with Crippen molar-refractivity contribution in [1.82, 2.24) is 14.4 Å². The van der Waals surface area contributed by atoms with Gasteiger partial charge in [-0.2, -0.15) is 9.29 Å². The Kier molecular flexibility index (Phi) is 6.61. The van der Waals surface area contributed by atoms with Crippen molar-refractivity contribution in [2.75, 3.05) is 13.1 Å². The molecule has 0 bridgehead atoms. The minimum Gasteiger partial charge on any atom is -0.477 e. The van der Waals surface area contributed by atoms with Gasteiger partial charge in [-0.25, -0.2) is 12.8 Å². The quantitative estimate of drug-likeness (QED) is 0.358. The molecule has 0 aliphatic rings. The Morgan fingerprint density at radius 1 is 1.16 bits per heavy atom. The van der Waals surface area contributed by atoms with Crippen molar-refractivity contribution in [2.45, 2.75) is 25.3 Å².